The van der Waals surface area contributed by atoms with Gasteiger partial charge in [-0.3, -0.25) is 0 Å². The van der Waals surface area contributed by atoms with E-state index in [0.717, 1.165) is 4.47 Å². The number of halogens is 1. The van der Waals surface area contributed by atoms with Gasteiger partial charge >= 0.3 is 0 Å². The first-order valence-electron chi connectivity index (χ1n) is 2.79. The third-order valence-corrected chi connectivity index (χ3v) is 1.69. The Morgan fingerprint density at radius 2 is 2.20 bits per heavy atom. The highest BCUT2D eigenvalue weighted by Crippen LogP contribution is 2.21. The van der Waals surface area contributed by atoms with E-state index in [-0.39, 0.29) is 12.4 Å². The van der Waals surface area contributed by atoms with Crippen LogP contribution in [-0.2, 0) is 11.7 Å². The van der Waals surface area contributed by atoms with Crippen LogP contribution >= 0.6 is 15.9 Å². The predicted octanol–water partition coefficient (Wildman–Crippen LogP) is 2.09. The third kappa shape index (κ3) is 1.49. The summed E-state index contributed by atoms with van der Waals surface area (Å²) in [5.41, 5.74) is 0.425. The Morgan fingerprint density at radius 1 is 1.50 bits per heavy atom. The molecule has 0 aromatic heterocycles. The standard InChI is InChI=1S/C7H6BrO2/c8-6-1-2-7(10)5(3-6)4-9/h1-3,10H,4H2. The van der Waals surface area contributed by atoms with Crippen molar-refractivity contribution in [2.24, 2.45) is 0 Å². The zero-order valence-corrected chi connectivity index (χ0v) is 6.76. The summed E-state index contributed by atoms with van der Waals surface area (Å²) in [6, 6.07) is 4.80. The lowest BCUT2D eigenvalue weighted by atomic mass is 10.2. The van der Waals surface area contributed by atoms with Gasteiger partial charge in [-0.25, -0.2) is 5.11 Å². The lowest BCUT2D eigenvalue weighted by Crippen LogP contribution is -1.81. The minimum atomic E-state index is -0.384. The highest BCUT2D eigenvalue weighted by molar-refractivity contribution is 9.10. The molecule has 0 bridgehead atoms. The van der Waals surface area contributed by atoms with Crippen LogP contribution in [0.3, 0.4) is 0 Å². The highest BCUT2D eigenvalue weighted by Gasteiger charge is 1.98. The van der Waals surface area contributed by atoms with Gasteiger partial charge in [-0.1, -0.05) is 15.9 Å². The Balaban J connectivity index is 3.09. The molecule has 0 saturated heterocycles. The van der Waals surface area contributed by atoms with Crippen molar-refractivity contribution in [1.29, 1.82) is 0 Å². The van der Waals surface area contributed by atoms with Crippen molar-refractivity contribution in [3.63, 3.8) is 0 Å². The maximum Gasteiger partial charge on any atom is 0.121 e. The van der Waals surface area contributed by atoms with Gasteiger partial charge in [0, 0.05) is 10.0 Å². The van der Waals surface area contributed by atoms with Gasteiger partial charge in [0.2, 0.25) is 0 Å². The molecule has 3 heteroatoms. The molecular weight excluding hydrogens is 196 g/mol. The Hall–Kier alpha value is -0.540. The Kier molecular flexibility index (Phi) is 2.29. The van der Waals surface area contributed by atoms with Crippen molar-refractivity contribution in [1.82, 2.24) is 0 Å². The van der Waals surface area contributed by atoms with Crippen LogP contribution in [0.5, 0.6) is 5.75 Å². The number of hydrogen-bond acceptors (Lipinski definition) is 1. The number of aromatic hydroxyl groups is 1. The SMILES string of the molecule is [O]Cc1cc(Br)ccc1O. The van der Waals surface area contributed by atoms with Crippen LogP contribution in [0.2, 0.25) is 0 Å². The van der Waals surface area contributed by atoms with E-state index in [1.165, 1.54) is 6.07 Å². The Labute approximate surface area is 67.3 Å². The van der Waals surface area contributed by atoms with Crippen molar-refractivity contribution in [3.05, 3.63) is 28.2 Å². The molecule has 2 nitrogen and oxygen atoms in total. The van der Waals surface area contributed by atoms with Crippen molar-refractivity contribution >= 4 is 15.9 Å². The van der Waals surface area contributed by atoms with Crippen molar-refractivity contribution < 1.29 is 10.2 Å². The molecule has 0 saturated carbocycles. The van der Waals surface area contributed by atoms with Crippen molar-refractivity contribution in [3.8, 4) is 5.75 Å². The van der Waals surface area contributed by atoms with Crippen LogP contribution < -0.4 is 0 Å². The molecule has 0 fully saturated rings. The van der Waals surface area contributed by atoms with E-state index in [1.807, 2.05) is 0 Å². The first kappa shape index (κ1) is 7.57. The number of phenolic OH excluding ortho intramolecular Hbond substituents is 1. The zero-order valence-electron chi connectivity index (χ0n) is 5.17. The van der Waals surface area contributed by atoms with Gasteiger partial charge in [-0.05, 0) is 18.2 Å². The average Bonchev–Trinajstić information content (AvgIpc) is 1.94. The monoisotopic (exact) mass is 201 g/mol. The minimum Gasteiger partial charge on any atom is -0.508 e. The summed E-state index contributed by atoms with van der Waals surface area (Å²) in [7, 11) is 0. The summed E-state index contributed by atoms with van der Waals surface area (Å²) in [6.45, 7) is -0.384. The average molecular weight is 202 g/mol. The fourth-order valence-electron chi connectivity index (χ4n) is 0.670. The molecule has 1 radical (unpaired) electrons. The molecule has 0 aliphatic rings. The predicted molar refractivity (Wildman–Crippen MR) is 40.2 cm³/mol. The molecule has 0 heterocycles. The molecule has 10 heavy (non-hydrogen) atoms. The van der Waals surface area contributed by atoms with E-state index in [9.17, 15) is 5.11 Å². The maximum absolute atomic E-state index is 10.3. The second-order valence-corrected chi connectivity index (χ2v) is 2.83. The van der Waals surface area contributed by atoms with Crippen molar-refractivity contribution in [2.75, 3.05) is 0 Å². The van der Waals surface area contributed by atoms with E-state index in [0.29, 0.717) is 5.56 Å². The summed E-state index contributed by atoms with van der Waals surface area (Å²) in [4.78, 5) is 0. The minimum absolute atomic E-state index is 0.0678. The smallest absolute Gasteiger partial charge is 0.121 e. The number of rotatable bonds is 1. The highest BCUT2D eigenvalue weighted by atomic mass is 79.9. The van der Waals surface area contributed by atoms with Crippen LogP contribution in [0.25, 0.3) is 0 Å². The fourth-order valence-corrected chi connectivity index (χ4v) is 1.08. The van der Waals surface area contributed by atoms with Crippen LogP contribution in [0, 0.1) is 0 Å². The molecule has 1 N–H and O–H groups in total. The third-order valence-electron chi connectivity index (χ3n) is 1.20. The van der Waals surface area contributed by atoms with Crippen LogP contribution in [-0.4, -0.2) is 5.11 Å². The molecule has 53 valence electrons. The van der Waals surface area contributed by atoms with Gasteiger partial charge in [0.25, 0.3) is 0 Å². The Bertz CT molecular complexity index is 235. The second-order valence-electron chi connectivity index (χ2n) is 1.92. The molecule has 1 aromatic carbocycles. The number of hydrogen-bond donors (Lipinski definition) is 1. The molecule has 1 rings (SSSR count). The quantitative estimate of drug-likeness (QED) is 0.743. The number of phenols is 1. The van der Waals surface area contributed by atoms with Crippen molar-refractivity contribution in [2.45, 2.75) is 6.61 Å². The molecular formula is C7H6BrO2. The van der Waals surface area contributed by atoms with E-state index < -0.39 is 0 Å². The second kappa shape index (κ2) is 3.03. The van der Waals surface area contributed by atoms with E-state index >= 15 is 0 Å². The summed E-state index contributed by atoms with van der Waals surface area (Å²) >= 11 is 3.19. The van der Waals surface area contributed by atoms with Crippen LogP contribution in [0.1, 0.15) is 5.56 Å². The zero-order chi connectivity index (χ0) is 7.56. The molecule has 0 spiro atoms. The van der Waals surface area contributed by atoms with Gasteiger partial charge in [-0.2, -0.15) is 0 Å². The Morgan fingerprint density at radius 3 is 2.70 bits per heavy atom. The van der Waals surface area contributed by atoms with Gasteiger partial charge in [-0.15, -0.1) is 0 Å². The molecule has 0 unspecified atom stereocenters. The van der Waals surface area contributed by atoms with Gasteiger partial charge in [0.05, 0.1) is 0 Å². The molecule has 0 aliphatic heterocycles. The summed E-state index contributed by atoms with van der Waals surface area (Å²) in [6.07, 6.45) is 0. The topological polar surface area (TPSA) is 40.1 Å². The molecule has 0 aliphatic carbocycles. The number of benzene rings is 1. The molecule has 1 aromatic rings. The maximum atomic E-state index is 10.3. The normalized spacial score (nSPS) is 9.80. The van der Waals surface area contributed by atoms with Gasteiger partial charge in [0.1, 0.15) is 12.4 Å². The summed E-state index contributed by atoms with van der Waals surface area (Å²) in [5.74, 6) is 0.0678. The van der Waals surface area contributed by atoms with E-state index in [2.05, 4.69) is 15.9 Å². The van der Waals surface area contributed by atoms with Gasteiger partial charge in [0.15, 0.2) is 0 Å². The van der Waals surface area contributed by atoms with E-state index in [4.69, 9.17) is 5.11 Å². The lowest BCUT2D eigenvalue weighted by Gasteiger charge is -1.98. The largest absolute Gasteiger partial charge is 0.508 e. The van der Waals surface area contributed by atoms with Crippen LogP contribution in [0.15, 0.2) is 22.7 Å². The lowest BCUT2D eigenvalue weighted by molar-refractivity contribution is 0.174. The molecule has 0 amide bonds. The fraction of sp³-hybridized carbons (Fsp3) is 0.143. The van der Waals surface area contributed by atoms with Gasteiger partial charge < -0.3 is 5.11 Å². The summed E-state index contributed by atoms with van der Waals surface area (Å²) in [5, 5.41) is 19.3. The first-order valence-corrected chi connectivity index (χ1v) is 3.59. The first-order chi connectivity index (χ1) is 4.74. The molecule has 0 atom stereocenters. The van der Waals surface area contributed by atoms with Crippen LogP contribution in [0.4, 0.5) is 0 Å². The van der Waals surface area contributed by atoms with E-state index in [1.54, 1.807) is 12.1 Å². The summed E-state index contributed by atoms with van der Waals surface area (Å²) < 4.78 is 0.816.